The molecule has 0 saturated heterocycles. The van der Waals surface area contributed by atoms with E-state index in [4.69, 9.17) is 10.5 Å². The number of rotatable bonds is 2. The number of benzene rings is 1. The van der Waals surface area contributed by atoms with Crippen LogP contribution >= 0.6 is 0 Å². The van der Waals surface area contributed by atoms with Crippen molar-refractivity contribution in [3.05, 3.63) is 41.7 Å². The van der Waals surface area contributed by atoms with E-state index in [0.29, 0.717) is 17.0 Å². The van der Waals surface area contributed by atoms with Crippen LogP contribution in [0.1, 0.15) is 11.3 Å². The summed E-state index contributed by atoms with van der Waals surface area (Å²) < 4.78 is 0. The Labute approximate surface area is 113 Å². The molecular weight excluding hydrogens is 254 g/mol. The Balaban J connectivity index is 2.16. The van der Waals surface area contributed by atoms with Crippen molar-refractivity contribution in [2.45, 2.75) is 0 Å². The molecule has 3 rings (SSSR count). The lowest BCUT2D eigenvalue weighted by molar-refractivity contribution is 0.935. The molecular formula is C13H7N7. The molecule has 20 heavy (non-hydrogen) atoms. The molecule has 0 fully saturated rings. The van der Waals surface area contributed by atoms with E-state index in [1.807, 2.05) is 12.1 Å². The summed E-state index contributed by atoms with van der Waals surface area (Å²) in [5, 5.41) is 34.9. The molecule has 7 heteroatoms. The predicted octanol–water partition coefficient (Wildman–Crippen LogP) is 1.61. The summed E-state index contributed by atoms with van der Waals surface area (Å²) in [6, 6.07) is 11.2. The Hall–Kier alpha value is -3.45. The van der Waals surface area contributed by atoms with E-state index in [-0.39, 0.29) is 5.69 Å². The molecule has 3 aromatic rings. The smallest absolute Gasteiger partial charge is 0.192 e. The van der Waals surface area contributed by atoms with Crippen molar-refractivity contribution < 1.29 is 0 Å². The van der Waals surface area contributed by atoms with Crippen molar-refractivity contribution in [1.82, 2.24) is 25.6 Å². The van der Waals surface area contributed by atoms with Crippen LogP contribution in [0.5, 0.6) is 0 Å². The van der Waals surface area contributed by atoms with E-state index < -0.39 is 0 Å². The molecule has 2 heterocycles. The van der Waals surface area contributed by atoms with Gasteiger partial charge < -0.3 is 0 Å². The highest BCUT2D eigenvalue weighted by atomic mass is 15.3. The number of nitrogens with zero attached hydrogens (tertiary/aromatic N) is 5. The van der Waals surface area contributed by atoms with Crippen LogP contribution in [0.2, 0.25) is 0 Å². The third-order valence-electron chi connectivity index (χ3n) is 2.83. The monoisotopic (exact) mass is 261 g/mol. The highest BCUT2D eigenvalue weighted by Crippen LogP contribution is 2.30. The minimum atomic E-state index is 0.187. The number of hydrogen-bond donors (Lipinski definition) is 2. The zero-order valence-corrected chi connectivity index (χ0v) is 10.1. The summed E-state index contributed by atoms with van der Waals surface area (Å²) in [6.45, 7) is 0. The number of aromatic amines is 2. The minimum absolute atomic E-state index is 0.187. The molecule has 0 radical (unpaired) electrons. The maximum absolute atomic E-state index is 9.00. The van der Waals surface area contributed by atoms with Gasteiger partial charge in [0.05, 0.1) is 23.5 Å². The normalized spacial score (nSPS) is 9.90. The standard InChI is InChI=1S/C13H7N7/c14-5-8-2-1-3-9(4-8)10-7-16-18-12(10)13-11(6-15)17-20-19-13/h1-4,7H,(H,16,18)(H,17,19,20). The van der Waals surface area contributed by atoms with E-state index in [9.17, 15) is 0 Å². The topological polar surface area (TPSA) is 118 Å². The van der Waals surface area contributed by atoms with Crippen LogP contribution in [-0.4, -0.2) is 25.6 Å². The van der Waals surface area contributed by atoms with Crippen LogP contribution in [0.25, 0.3) is 22.5 Å². The Morgan fingerprint density at radius 2 is 2.00 bits per heavy atom. The molecule has 1 aromatic carbocycles. The quantitative estimate of drug-likeness (QED) is 0.726. The molecule has 0 unspecified atom stereocenters. The van der Waals surface area contributed by atoms with Gasteiger partial charge in [-0.15, -0.1) is 5.10 Å². The lowest BCUT2D eigenvalue weighted by Crippen LogP contribution is -1.87. The van der Waals surface area contributed by atoms with Gasteiger partial charge in [-0.3, -0.25) is 5.10 Å². The summed E-state index contributed by atoms with van der Waals surface area (Å²) in [7, 11) is 0. The van der Waals surface area contributed by atoms with Crippen molar-refractivity contribution in [2.75, 3.05) is 0 Å². The van der Waals surface area contributed by atoms with Crippen LogP contribution in [0.15, 0.2) is 30.5 Å². The van der Waals surface area contributed by atoms with Crippen molar-refractivity contribution in [3.63, 3.8) is 0 Å². The van der Waals surface area contributed by atoms with Gasteiger partial charge in [-0.2, -0.15) is 25.9 Å². The fourth-order valence-corrected chi connectivity index (χ4v) is 1.92. The van der Waals surface area contributed by atoms with Crippen molar-refractivity contribution in [1.29, 1.82) is 10.5 Å². The van der Waals surface area contributed by atoms with E-state index in [0.717, 1.165) is 11.1 Å². The lowest BCUT2D eigenvalue weighted by Gasteiger charge is -2.01. The van der Waals surface area contributed by atoms with Crippen molar-refractivity contribution in [2.24, 2.45) is 0 Å². The van der Waals surface area contributed by atoms with Gasteiger partial charge in [-0.05, 0) is 17.7 Å². The molecule has 0 amide bonds. The zero-order valence-electron chi connectivity index (χ0n) is 10.1. The maximum atomic E-state index is 9.00. The van der Waals surface area contributed by atoms with Gasteiger partial charge in [0.15, 0.2) is 5.69 Å². The maximum Gasteiger partial charge on any atom is 0.192 e. The van der Waals surface area contributed by atoms with Gasteiger partial charge in [0.1, 0.15) is 11.8 Å². The molecule has 0 bridgehead atoms. The lowest BCUT2D eigenvalue weighted by atomic mass is 10.0. The predicted molar refractivity (Wildman–Crippen MR) is 68.8 cm³/mol. The Kier molecular flexibility index (Phi) is 2.72. The molecule has 0 atom stereocenters. The molecule has 0 aliphatic rings. The summed E-state index contributed by atoms with van der Waals surface area (Å²) in [5.74, 6) is 0. The average molecular weight is 261 g/mol. The first kappa shape index (κ1) is 11.6. The second kappa shape index (κ2) is 4.67. The van der Waals surface area contributed by atoms with Crippen LogP contribution in [-0.2, 0) is 0 Å². The summed E-state index contributed by atoms with van der Waals surface area (Å²) in [6.07, 6.45) is 1.63. The molecule has 2 aromatic heterocycles. The summed E-state index contributed by atoms with van der Waals surface area (Å²) in [5.41, 5.74) is 3.31. The van der Waals surface area contributed by atoms with Crippen LogP contribution in [0, 0.1) is 22.7 Å². The number of nitrogens with one attached hydrogen (secondary N) is 2. The average Bonchev–Trinajstić information content (AvgIpc) is 3.15. The van der Waals surface area contributed by atoms with Crippen LogP contribution < -0.4 is 0 Å². The van der Waals surface area contributed by atoms with E-state index in [2.05, 4.69) is 31.7 Å². The number of H-pyrrole nitrogens is 2. The zero-order chi connectivity index (χ0) is 13.9. The van der Waals surface area contributed by atoms with Gasteiger partial charge in [0, 0.05) is 5.56 Å². The van der Waals surface area contributed by atoms with Crippen molar-refractivity contribution in [3.8, 4) is 34.7 Å². The molecule has 7 nitrogen and oxygen atoms in total. The Morgan fingerprint density at radius 3 is 2.80 bits per heavy atom. The van der Waals surface area contributed by atoms with Crippen LogP contribution in [0.4, 0.5) is 0 Å². The number of hydrogen-bond acceptors (Lipinski definition) is 5. The Morgan fingerprint density at radius 1 is 1.10 bits per heavy atom. The molecule has 2 N–H and O–H groups in total. The van der Waals surface area contributed by atoms with Crippen LogP contribution in [0.3, 0.4) is 0 Å². The fraction of sp³-hybridized carbons (Fsp3) is 0. The second-order valence-corrected chi connectivity index (χ2v) is 3.98. The molecule has 94 valence electrons. The van der Waals surface area contributed by atoms with Gasteiger partial charge in [-0.1, -0.05) is 12.1 Å². The summed E-state index contributed by atoms with van der Waals surface area (Å²) >= 11 is 0. The third kappa shape index (κ3) is 1.80. The molecule has 0 saturated carbocycles. The fourth-order valence-electron chi connectivity index (χ4n) is 1.92. The third-order valence-corrected chi connectivity index (χ3v) is 2.83. The first-order valence-electron chi connectivity index (χ1n) is 5.68. The first-order chi connectivity index (χ1) is 9.83. The molecule has 0 spiro atoms. The number of aromatic nitrogens is 5. The first-order valence-corrected chi connectivity index (χ1v) is 5.68. The van der Waals surface area contributed by atoms with E-state index in [1.165, 1.54) is 0 Å². The van der Waals surface area contributed by atoms with Gasteiger partial charge in [-0.25, -0.2) is 0 Å². The highest BCUT2D eigenvalue weighted by Gasteiger charge is 2.17. The van der Waals surface area contributed by atoms with E-state index >= 15 is 0 Å². The SMILES string of the molecule is N#Cc1cccc(-c2cn[nH]c2-c2n[nH]nc2C#N)c1. The summed E-state index contributed by atoms with van der Waals surface area (Å²) in [4.78, 5) is 0. The van der Waals surface area contributed by atoms with Crippen molar-refractivity contribution >= 4 is 0 Å². The molecule has 0 aliphatic carbocycles. The van der Waals surface area contributed by atoms with Gasteiger partial charge >= 0.3 is 0 Å². The highest BCUT2D eigenvalue weighted by molar-refractivity contribution is 5.80. The largest absolute Gasteiger partial charge is 0.275 e. The van der Waals surface area contributed by atoms with Gasteiger partial charge in [0.25, 0.3) is 0 Å². The minimum Gasteiger partial charge on any atom is -0.275 e. The van der Waals surface area contributed by atoms with E-state index in [1.54, 1.807) is 24.4 Å². The number of nitriles is 2. The Bertz CT molecular complexity index is 844. The molecule has 0 aliphatic heterocycles. The second-order valence-electron chi connectivity index (χ2n) is 3.98. The van der Waals surface area contributed by atoms with Gasteiger partial charge in [0.2, 0.25) is 0 Å².